The van der Waals surface area contributed by atoms with E-state index in [-0.39, 0.29) is 18.2 Å². The van der Waals surface area contributed by atoms with Crippen LogP contribution in [0.3, 0.4) is 0 Å². The molecule has 1 amide bonds. The van der Waals surface area contributed by atoms with Gasteiger partial charge in [-0.3, -0.25) is 23.4 Å². The van der Waals surface area contributed by atoms with Crippen molar-refractivity contribution >= 4 is 38.4 Å². The van der Waals surface area contributed by atoms with Gasteiger partial charge >= 0.3 is 6.09 Å². The number of rotatable bonds is 7. The number of halogens is 1. The first kappa shape index (κ1) is 24.2. The summed E-state index contributed by atoms with van der Waals surface area (Å²) in [5, 5.41) is 10.9. The fourth-order valence-corrected chi connectivity index (χ4v) is 6.20. The average molecular weight is 513 g/mol. The largest absolute Gasteiger partial charge is 0.441 e. The number of ether oxygens (including phenoxy) is 1. The van der Waals surface area contributed by atoms with Gasteiger partial charge < -0.3 is 4.74 Å². The highest BCUT2D eigenvalue weighted by molar-refractivity contribution is 7.86. The standard InChI is InChI=1S/C21H21FN2O8S2/c22-20-11-15(4-5-19(20)14-6-8-33(28)9-7-14)23-12-17(32-21(23)25)13-31-34(29,30)18-3-1-2-16(10-18)24(26)27/h1-5,10-11,14,17H,6-9,12-13H2/t14?,17-,33?/m1/s1. The van der Waals surface area contributed by atoms with Gasteiger partial charge in [0.15, 0.2) is 0 Å². The topological polar surface area (TPSA) is 133 Å². The molecule has 1 atom stereocenters. The summed E-state index contributed by atoms with van der Waals surface area (Å²) in [6.07, 6.45) is -0.459. The van der Waals surface area contributed by atoms with E-state index < -0.39 is 61.0 Å². The first-order valence-corrected chi connectivity index (χ1v) is 13.3. The van der Waals surface area contributed by atoms with Crippen LogP contribution < -0.4 is 4.90 Å². The van der Waals surface area contributed by atoms with E-state index in [0.29, 0.717) is 29.9 Å². The molecule has 2 aliphatic rings. The Morgan fingerprint density at radius 1 is 1.21 bits per heavy atom. The molecular weight excluding hydrogens is 491 g/mol. The molecule has 10 nitrogen and oxygen atoms in total. The second-order valence-corrected chi connectivity index (χ2v) is 11.2. The minimum Gasteiger partial charge on any atom is -0.441 e. The molecule has 0 aliphatic carbocycles. The maximum absolute atomic E-state index is 14.8. The molecule has 0 N–H and O–H groups in total. The Morgan fingerprint density at radius 3 is 2.62 bits per heavy atom. The number of non-ortho nitro benzene ring substituents is 1. The number of hydrogen-bond acceptors (Lipinski definition) is 8. The Morgan fingerprint density at radius 2 is 1.94 bits per heavy atom. The van der Waals surface area contributed by atoms with Gasteiger partial charge in [-0.2, -0.15) is 8.42 Å². The van der Waals surface area contributed by atoms with Crippen molar-refractivity contribution in [2.45, 2.75) is 29.8 Å². The third-order valence-electron chi connectivity index (χ3n) is 5.72. The third kappa shape index (κ3) is 5.26. The van der Waals surface area contributed by atoms with Crippen LogP contribution in [0.1, 0.15) is 24.3 Å². The minimum absolute atomic E-state index is 0.0301. The van der Waals surface area contributed by atoms with E-state index in [1.165, 1.54) is 17.0 Å². The molecule has 2 aliphatic heterocycles. The Balaban J connectivity index is 1.40. The summed E-state index contributed by atoms with van der Waals surface area (Å²) in [7, 11) is -5.19. The van der Waals surface area contributed by atoms with E-state index in [1.807, 2.05) is 0 Å². The van der Waals surface area contributed by atoms with Gasteiger partial charge in [-0.1, -0.05) is 12.1 Å². The fraction of sp³-hybridized carbons (Fsp3) is 0.381. The summed E-state index contributed by atoms with van der Waals surface area (Å²) in [6, 6.07) is 8.82. The molecule has 2 fully saturated rings. The average Bonchev–Trinajstić information content (AvgIpc) is 3.19. The molecule has 0 aromatic heterocycles. The van der Waals surface area contributed by atoms with Crippen LogP contribution >= 0.6 is 0 Å². The van der Waals surface area contributed by atoms with Crippen LogP contribution in [0, 0.1) is 15.9 Å². The normalized spacial score (nSPS) is 23.0. The lowest BCUT2D eigenvalue weighted by Gasteiger charge is -2.23. The van der Waals surface area contributed by atoms with Crippen molar-refractivity contribution in [1.29, 1.82) is 0 Å². The predicted molar refractivity (Wildman–Crippen MR) is 120 cm³/mol. The summed E-state index contributed by atoms with van der Waals surface area (Å²) in [6.45, 7) is -0.572. The maximum atomic E-state index is 14.8. The zero-order valence-electron chi connectivity index (χ0n) is 17.8. The smallest absolute Gasteiger partial charge is 0.414 e. The SMILES string of the molecule is O=C1O[C@@H](COS(=O)(=O)c2cccc([N+](=O)[O-])c2)CN1c1ccc(C2CCS(=O)CC2)c(F)c1. The highest BCUT2D eigenvalue weighted by atomic mass is 32.2. The number of nitro groups is 1. The van der Waals surface area contributed by atoms with E-state index in [4.69, 9.17) is 8.92 Å². The number of cyclic esters (lactones) is 1. The van der Waals surface area contributed by atoms with Gasteiger partial charge in [0.25, 0.3) is 15.8 Å². The van der Waals surface area contributed by atoms with Crippen LogP contribution in [0.5, 0.6) is 0 Å². The van der Waals surface area contributed by atoms with Crippen molar-refractivity contribution < 1.29 is 35.7 Å². The summed E-state index contributed by atoms with van der Waals surface area (Å²) in [5.74, 6) is 0.560. The zero-order valence-corrected chi connectivity index (χ0v) is 19.4. The predicted octanol–water partition coefficient (Wildman–Crippen LogP) is 3.09. The summed E-state index contributed by atoms with van der Waals surface area (Å²) >= 11 is 0. The zero-order chi connectivity index (χ0) is 24.5. The second-order valence-electron chi connectivity index (χ2n) is 7.94. The van der Waals surface area contributed by atoms with E-state index in [1.54, 1.807) is 12.1 Å². The van der Waals surface area contributed by atoms with Gasteiger partial charge in [0.2, 0.25) is 0 Å². The summed E-state index contributed by atoms with van der Waals surface area (Å²) in [4.78, 5) is 23.2. The van der Waals surface area contributed by atoms with Gasteiger partial charge in [0, 0.05) is 34.4 Å². The number of benzene rings is 2. The molecule has 0 unspecified atom stereocenters. The number of amides is 1. The van der Waals surface area contributed by atoms with Gasteiger partial charge in [0.1, 0.15) is 23.4 Å². The maximum Gasteiger partial charge on any atom is 0.414 e. The number of anilines is 1. The van der Waals surface area contributed by atoms with Crippen LogP contribution in [-0.2, 0) is 29.8 Å². The molecule has 0 saturated carbocycles. The first-order chi connectivity index (χ1) is 16.1. The Labute approximate surface area is 197 Å². The molecule has 34 heavy (non-hydrogen) atoms. The summed E-state index contributed by atoms with van der Waals surface area (Å²) in [5.41, 5.74) is 0.362. The molecule has 2 aromatic carbocycles. The number of nitro benzene ring substituents is 1. The van der Waals surface area contributed by atoms with Crippen LogP contribution in [0.15, 0.2) is 47.4 Å². The van der Waals surface area contributed by atoms with E-state index in [0.717, 1.165) is 18.2 Å². The second kappa shape index (κ2) is 9.76. The lowest BCUT2D eigenvalue weighted by molar-refractivity contribution is -0.385. The molecule has 0 spiro atoms. The first-order valence-electron chi connectivity index (χ1n) is 10.4. The molecule has 0 radical (unpaired) electrons. The van der Waals surface area contributed by atoms with Gasteiger partial charge in [-0.25, -0.2) is 9.18 Å². The molecule has 2 aromatic rings. The van der Waals surface area contributed by atoms with Crippen molar-refractivity contribution in [3.05, 3.63) is 64.0 Å². The van der Waals surface area contributed by atoms with E-state index in [9.17, 15) is 31.9 Å². The third-order valence-corrected chi connectivity index (χ3v) is 8.38. The van der Waals surface area contributed by atoms with Crippen molar-refractivity contribution in [1.82, 2.24) is 0 Å². The van der Waals surface area contributed by atoms with Crippen LogP contribution in [-0.4, -0.2) is 54.4 Å². The fourth-order valence-electron chi connectivity index (χ4n) is 3.93. The number of nitrogens with zero attached hydrogens (tertiary/aromatic N) is 2. The van der Waals surface area contributed by atoms with Crippen molar-refractivity contribution in [3.8, 4) is 0 Å². The molecule has 4 rings (SSSR count). The van der Waals surface area contributed by atoms with Gasteiger partial charge in [-0.05, 0) is 42.5 Å². The Hall–Kier alpha value is -2.90. The van der Waals surface area contributed by atoms with Crippen molar-refractivity contribution in [3.63, 3.8) is 0 Å². The number of carbonyl (C=O) groups is 1. The number of hydrogen-bond donors (Lipinski definition) is 0. The van der Waals surface area contributed by atoms with Crippen LogP contribution in [0.4, 0.5) is 20.6 Å². The lowest BCUT2D eigenvalue weighted by atomic mass is 9.93. The van der Waals surface area contributed by atoms with Crippen LogP contribution in [0.25, 0.3) is 0 Å². The minimum atomic E-state index is -4.33. The van der Waals surface area contributed by atoms with E-state index in [2.05, 4.69) is 0 Å². The number of carbonyl (C=O) groups excluding carboxylic acids is 1. The molecule has 182 valence electrons. The van der Waals surface area contributed by atoms with Crippen LogP contribution in [0.2, 0.25) is 0 Å². The van der Waals surface area contributed by atoms with Gasteiger partial charge in [-0.15, -0.1) is 0 Å². The Kier molecular flexibility index (Phi) is 6.96. The molecule has 2 heterocycles. The quantitative estimate of drug-likeness (QED) is 0.314. The van der Waals surface area contributed by atoms with E-state index >= 15 is 0 Å². The lowest BCUT2D eigenvalue weighted by Crippen LogP contribution is -2.27. The van der Waals surface area contributed by atoms with Crippen molar-refractivity contribution in [2.24, 2.45) is 0 Å². The molecule has 0 bridgehead atoms. The van der Waals surface area contributed by atoms with Gasteiger partial charge in [0.05, 0.1) is 17.2 Å². The highest BCUT2D eigenvalue weighted by Crippen LogP contribution is 2.33. The molecule has 13 heteroatoms. The van der Waals surface area contributed by atoms with Crippen molar-refractivity contribution in [2.75, 3.05) is 29.6 Å². The molecular formula is C21H21FN2O8S2. The Bertz CT molecular complexity index is 1240. The highest BCUT2D eigenvalue weighted by Gasteiger charge is 2.35. The summed E-state index contributed by atoms with van der Waals surface area (Å²) < 4.78 is 61.2. The monoisotopic (exact) mass is 512 g/mol. The molecule has 2 saturated heterocycles.